The summed E-state index contributed by atoms with van der Waals surface area (Å²) in [5.41, 5.74) is 1.67. The number of hydrogen-bond donors (Lipinski definition) is 0. The first-order chi connectivity index (χ1) is 16.6. The highest BCUT2D eigenvalue weighted by Crippen LogP contribution is 2.24. The number of carbonyl (C=O) groups is 1. The van der Waals surface area contributed by atoms with Crippen molar-refractivity contribution in [1.82, 2.24) is 15.0 Å². The van der Waals surface area contributed by atoms with E-state index in [1.165, 1.54) is 18.6 Å². The van der Waals surface area contributed by atoms with Gasteiger partial charge in [-0.2, -0.15) is 4.98 Å². The Bertz CT molecular complexity index is 1080. The van der Waals surface area contributed by atoms with Crippen molar-refractivity contribution in [1.29, 1.82) is 0 Å². The fraction of sp³-hybridized carbons (Fsp3) is 0.400. The van der Waals surface area contributed by atoms with Crippen LogP contribution in [0.15, 0.2) is 59.1 Å². The molecule has 9 heteroatoms. The summed E-state index contributed by atoms with van der Waals surface area (Å²) >= 11 is 0. The molecule has 1 fully saturated rings. The van der Waals surface area contributed by atoms with E-state index in [0.29, 0.717) is 36.9 Å². The molecule has 4 rings (SSSR count). The van der Waals surface area contributed by atoms with Crippen LogP contribution in [0, 0.1) is 10.1 Å². The van der Waals surface area contributed by atoms with Gasteiger partial charge in [0.05, 0.1) is 11.5 Å². The maximum atomic E-state index is 13.0. The number of ether oxygens (including phenoxy) is 1. The minimum absolute atomic E-state index is 0.00332. The second kappa shape index (κ2) is 11.5. The number of nitrogens with zero attached hydrogens (tertiary/aromatic N) is 4. The lowest BCUT2D eigenvalue weighted by Crippen LogP contribution is -2.44. The van der Waals surface area contributed by atoms with Gasteiger partial charge >= 0.3 is 0 Å². The third-order valence-electron chi connectivity index (χ3n) is 6.04. The van der Waals surface area contributed by atoms with E-state index in [-0.39, 0.29) is 24.2 Å². The first-order valence-electron chi connectivity index (χ1n) is 11.6. The van der Waals surface area contributed by atoms with Crippen LogP contribution in [0.3, 0.4) is 0 Å². The van der Waals surface area contributed by atoms with Gasteiger partial charge in [-0.15, -0.1) is 0 Å². The molecule has 1 aliphatic carbocycles. The van der Waals surface area contributed by atoms with Crippen molar-refractivity contribution in [2.45, 2.75) is 51.2 Å². The average molecular weight is 465 g/mol. The van der Waals surface area contributed by atoms with E-state index in [2.05, 4.69) is 10.1 Å². The molecule has 1 aliphatic rings. The number of nitro groups is 1. The number of hydrogen-bond acceptors (Lipinski definition) is 7. The average Bonchev–Trinajstić information content (AvgIpc) is 3.34. The van der Waals surface area contributed by atoms with Crippen LogP contribution in [0.2, 0.25) is 0 Å². The fourth-order valence-corrected chi connectivity index (χ4v) is 4.24. The van der Waals surface area contributed by atoms with Crippen LogP contribution in [0.25, 0.3) is 11.4 Å². The summed E-state index contributed by atoms with van der Waals surface area (Å²) in [6.45, 7) is 0.900. The zero-order valence-corrected chi connectivity index (χ0v) is 19.0. The Morgan fingerprint density at radius 3 is 2.53 bits per heavy atom. The maximum absolute atomic E-state index is 13.0. The van der Waals surface area contributed by atoms with E-state index < -0.39 is 4.92 Å². The fourth-order valence-electron chi connectivity index (χ4n) is 4.24. The van der Waals surface area contributed by atoms with Crippen LogP contribution in [0.1, 0.15) is 43.6 Å². The molecule has 0 aliphatic heterocycles. The molecule has 0 spiro atoms. The van der Waals surface area contributed by atoms with Gasteiger partial charge in [0.25, 0.3) is 5.69 Å². The molecule has 1 amide bonds. The third-order valence-corrected chi connectivity index (χ3v) is 6.04. The van der Waals surface area contributed by atoms with Gasteiger partial charge in [-0.05, 0) is 30.5 Å². The molecule has 9 nitrogen and oxygen atoms in total. The van der Waals surface area contributed by atoms with Crippen molar-refractivity contribution >= 4 is 11.6 Å². The molecule has 2 aromatic carbocycles. The van der Waals surface area contributed by atoms with Crippen LogP contribution < -0.4 is 0 Å². The van der Waals surface area contributed by atoms with Crippen molar-refractivity contribution in [2.75, 3.05) is 13.2 Å². The zero-order chi connectivity index (χ0) is 23.8. The molecule has 1 heterocycles. The van der Waals surface area contributed by atoms with Crippen LogP contribution in [0.4, 0.5) is 5.69 Å². The van der Waals surface area contributed by atoms with Gasteiger partial charge in [0.15, 0.2) is 0 Å². The Morgan fingerprint density at radius 2 is 1.82 bits per heavy atom. The zero-order valence-electron chi connectivity index (χ0n) is 19.0. The maximum Gasteiger partial charge on any atom is 0.269 e. The highest BCUT2D eigenvalue weighted by molar-refractivity contribution is 5.77. The first-order valence-corrected chi connectivity index (χ1v) is 11.6. The highest BCUT2D eigenvalue weighted by atomic mass is 16.6. The molecule has 34 heavy (non-hydrogen) atoms. The number of benzene rings is 2. The van der Waals surface area contributed by atoms with Gasteiger partial charge in [-0.1, -0.05) is 54.8 Å². The molecule has 0 N–H and O–H groups in total. The first kappa shape index (κ1) is 23.6. The van der Waals surface area contributed by atoms with Gasteiger partial charge < -0.3 is 14.2 Å². The smallest absolute Gasteiger partial charge is 0.269 e. The lowest BCUT2D eigenvalue weighted by Gasteiger charge is -2.34. The molecular formula is C25H28N4O5. The molecule has 1 aromatic heterocycles. The molecule has 0 atom stereocenters. The molecular weight excluding hydrogens is 436 g/mol. The largest absolute Gasteiger partial charge is 0.367 e. The van der Waals surface area contributed by atoms with E-state index in [0.717, 1.165) is 31.2 Å². The lowest BCUT2D eigenvalue weighted by molar-refractivity contribution is -0.384. The van der Waals surface area contributed by atoms with E-state index in [4.69, 9.17) is 9.26 Å². The molecule has 0 unspecified atom stereocenters. The number of carbonyl (C=O) groups excluding carboxylic acids is 1. The summed E-state index contributed by atoms with van der Waals surface area (Å²) in [6.07, 6.45) is 5.84. The standard InChI is InChI=1S/C25H28N4O5/c30-24(18-33-17-19-7-3-1-4-8-19)28(21-9-5-2-6-10-21)16-15-23-26-25(27-34-23)20-11-13-22(14-12-20)29(31)32/h1,3-4,7-8,11-14,21H,2,5-6,9-10,15-18H2. The molecule has 0 radical (unpaired) electrons. The molecule has 1 saturated carbocycles. The van der Waals surface area contributed by atoms with Crippen molar-refractivity contribution in [2.24, 2.45) is 0 Å². The van der Waals surface area contributed by atoms with E-state index in [1.807, 2.05) is 35.2 Å². The van der Waals surface area contributed by atoms with E-state index >= 15 is 0 Å². The Hall–Kier alpha value is -3.59. The summed E-state index contributed by atoms with van der Waals surface area (Å²) in [5.74, 6) is 0.761. The lowest BCUT2D eigenvalue weighted by atomic mass is 9.94. The second-order valence-corrected chi connectivity index (χ2v) is 8.42. The van der Waals surface area contributed by atoms with Crippen molar-refractivity contribution in [3.05, 3.63) is 76.2 Å². The third kappa shape index (κ3) is 6.26. The van der Waals surface area contributed by atoms with Crippen LogP contribution >= 0.6 is 0 Å². The molecule has 0 bridgehead atoms. The second-order valence-electron chi connectivity index (χ2n) is 8.42. The minimum Gasteiger partial charge on any atom is -0.367 e. The van der Waals surface area contributed by atoms with Crippen molar-refractivity contribution in [3.8, 4) is 11.4 Å². The highest BCUT2D eigenvalue weighted by Gasteiger charge is 2.26. The van der Waals surface area contributed by atoms with Crippen LogP contribution in [-0.4, -0.2) is 45.1 Å². The van der Waals surface area contributed by atoms with Crippen molar-refractivity contribution in [3.63, 3.8) is 0 Å². The van der Waals surface area contributed by atoms with Gasteiger partial charge in [0, 0.05) is 36.7 Å². The number of rotatable bonds is 10. The molecule has 3 aromatic rings. The summed E-state index contributed by atoms with van der Waals surface area (Å²) < 4.78 is 11.1. The Kier molecular flexibility index (Phi) is 7.98. The summed E-state index contributed by atoms with van der Waals surface area (Å²) in [6, 6.07) is 16.0. The Morgan fingerprint density at radius 1 is 1.09 bits per heavy atom. The number of nitro benzene ring substituents is 1. The number of aromatic nitrogens is 2. The van der Waals surface area contributed by atoms with Gasteiger partial charge in [0.1, 0.15) is 6.61 Å². The Labute approximate surface area is 197 Å². The van der Waals surface area contributed by atoms with Crippen molar-refractivity contribution < 1.29 is 19.0 Å². The monoisotopic (exact) mass is 464 g/mol. The topological polar surface area (TPSA) is 112 Å². The molecule has 0 saturated heterocycles. The number of non-ortho nitro benzene ring substituents is 1. The van der Waals surface area contributed by atoms with Gasteiger partial charge in [0.2, 0.25) is 17.6 Å². The summed E-state index contributed by atoms with van der Waals surface area (Å²) in [5, 5.41) is 14.8. The predicted molar refractivity (Wildman–Crippen MR) is 125 cm³/mol. The van der Waals surface area contributed by atoms with Gasteiger partial charge in [-0.3, -0.25) is 14.9 Å². The quantitative estimate of drug-likeness (QED) is 0.319. The van der Waals surface area contributed by atoms with Crippen LogP contribution in [0.5, 0.6) is 0 Å². The summed E-state index contributed by atoms with van der Waals surface area (Å²) in [4.78, 5) is 29.8. The normalized spacial score (nSPS) is 14.1. The van der Waals surface area contributed by atoms with E-state index in [9.17, 15) is 14.9 Å². The predicted octanol–water partition coefficient (Wildman–Crippen LogP) is 4.57. The molecule has 178 valence electrons. The minimum atomic E-state index is -0.453. The number of amides is 1. The summed E-state index contributed by atoms with van der Waals surface area (Å²) in [7, 11) is 0. The Balaban J connectivity index is 1.36. The van der Waals surface area contributed by atoms with Crippen LogP contribution in [-0.2, 0) is 22.6 Å². The SMILES string of the molecule is O=C(COCc1ccccc1)N(CCc1nc(-c2ccc([N+](=O)[O-])cc2)no1)C1CCCCC1. The van der Waals surface area contributed by atoms with Gasteiger partial charge in [-0.25, -0.2) is 0 Å². The van der Waals surface area contributed by atoms with E-state index in [1.54, 1.807) is 12.1 Å².